The molecule has 1 N–H and O–H groups in total. The molecule has 1 fully saturated rings. The van der Waals surface area contributed by atoms with Crippen LogP contribution in [0.1, 0.15) is 26.7 Å². The molecule has 1 aliphatic rings. The van der Waals surface area contributed by atoms with E-state index in [1.54, 1.807) is 6.92 Å². The Hall–Kier alpha value is -0.0900. The van der Waals surface area contributed by atoms with E-state index in [1.807, 2.05) is 6.92 Å². The molecule has 0 heterocycles. The molecule has 0 aliphatic heterocycles. The van der Waals surface area contributed by atoms with Crippen LogP contribution in [-0.4, -0.2) is 31.1 Å². The van der Waals surface area contributed by atoms with Gasteiger partial charge in [-0.15, -0.1) is 0 Å². The average Bonchev–Trinajstić information content (AvgIpc) is 2.47. The highest BCUT2D eigenvalue weighted by Crippen LogP contribution is 2.35. The van der Waals surface area contributed by atoms with Crippen LogP contribution in [0.25, 0.3) is 0 Å². The van der Waals surface area contributed by atoms with Crippen LogP contribution in [0.4, 0.5) is 0 Å². The normalized spacial score (nSPS) is 35.2. The van der Waals surface area contributed by atoms with Gasteiger partial charge in [-0.3, -0.25) is 0 Å². The van der Waals surface area contributed by atoms with E-state index in [-0.39, 0.29) is 23.5 Å². The van der Waals surface area contributed by atoms with Crippen molar-refractivity contribution in [3.05, 3.63) is 0 Å². The van der Waals surface area contributed by atoms with Crippen molar-refractivity contribution in [2.75, 3.05) is 12.4 Å². The van der Waals surface area contributed by atoms with Crippen LogP contribution in [-0.2, 0) is 9.84 Å². The van der Waals surface area contributed by atoms with Gasteiger partial charge in [0.2, 0.25) is 0 Å². The van der Waals surface area contributed by atoms with Crippen molar-refractivity contribution in [1.29, 1.82) is 0 Å². The third-order valence-corrected chi connectivity index (χ3v) is 5.36. The van der Waals surface area contributed by atoms with E-state index in [4.69, 9.17) is 5.11 Å². The van der Waals surface area contributed by atoms with Crippen molar-refractivity contribution in [1.82, 2.24) is 0 Å². The fraction of sp³-hybridized carbons (Fsp3) is 1.00. The van der Waals surface area contributed by atoms with Crippen LogP contribution in [0.2, 0.25) is 0 Å². The lowest BCUT2D eigenvalue weighted by Crippen LogP contribution is -2.20. The molecule has 13 heavy (non-hydrogen) atoms. The van der Waals surface area contributed by atoms with E-state index in [1.165, 1.54) is 0 Å². The van der Waals surface area contributed by atoms with Crippen molar-refractivity contribution in [2.24, 2.45) is 11.8 Å². The summed E-state index contributed by atoms with van der Waals surface area (Å²) in [5.41, 5.74) is 0. The molecule has 0 unspecified atom stereocenters. The second-order valence-electron chi connectivity index (χ2n) is 3.96. The molecule has 0 aromatic carbocycles. The molecule has 0 aromatic heterocycles. The molecule has 3 nitrogen and oxygen atoms in total. The lowest BCUT2D eigenvalue weighted by Gasteiger charge is -2.09. The Morgan fingerprint density at radius 1 is 1.38 bits per heavy atom. The Morgan fingerprint density at radius 2 is 2.00 bits per heavy atom. The second-order valence-corrected chi connectivity index (χ2v) is 6.53. The predicted molar refractivity (Wildman–Crippen MR) is 52.2 cm³/mol. The van der Waals surface area contributed by atoms with Gasteiger partial charge in [0.1, 0.15) is 0 Å². The van der Waals surface area contributed by atoms with Crippen LogP contribution < -0.4 is 0 Å². The number of hydrogen-bond donors (Lipinski definition) is 1. The van der Waals surface area contributed by atoms with E-state index in [0.717, 1.165) is 6.42 Å². The number of sulfone groups is 1. The molecule has 0 bridgehead atoms. The summed E-state index contributed by atoms with van der Waals surface area (Å²) in [4.78, 5) is 0. The van der Waals surface area contributed by atoms with Crippen LogP contribution >= 0.6 is 0 Å². The maximum absolute atomic E-state index is 11.5. The highest BCUT2D eigenvalue weighted by Gasteiger charge is 2.37. The largest absolute Gasteiger partial charge is 0.396 e. The fourth-order valence-electron chi connectivity index (χ4n) is 2.06. The quantitative estimate of drug-likeness (QED) is 0.744. The van der Waals surface area contributed by atoms with Crippen LogP contribution in [0.5, 0.6) is 0 Å². The van der Waals surface area contributed by atoms with Gasteiger partial charge in [0.05, 0.1) is 5.25 Å². The van der Waals surface area contributed by atoms with Crippen molar-refractivity contribution < 1.29 is 13.5 Å². The average molecular weight is 206 g/mol. The highest BCUT2D eigenvalue weighted by molar-refractivity contribution is 7.92. The molecule has 0 amide bonds. The first kappa shape index (κ1) is 11.0. The summed E-state index contributed by atoms with van der Waals surface area (Å²) in [6.07, 6.45) is 1.37. The summed E-state index contributed by atoms with van der Waals surface area (Å²) in [5, 5.41) is 8.79. The van der Waals surface area contributed by atoms with Crippen LogP contribution in [0.3, 0.4) is 0 Å². The van der Waals surface area contributed by atoms with Crippen molar-refractivity contribution in [3.8, 4) is 0 Å². The first-order valence-corrected chi connectivity index (χ1v) is 6.55. The SMILES string of the molecule is CCS(=O)(=O)[C@H]1C[C@H](CO)[C@H](C)C1. The van der Waals surface area contributed by atoms with Gasteiger partial charge in [-0.05, 0) is 24.7 Å². The van der Waals surface area contributed by atoms with Gasteiger partial charge in [0.15, 0.2) is 9.84 Å². The van der Waals surface area contributed by atoms with Crippen molar-refractivity contribution in [3.63, 3.8) is 0 Å². The Labute approximate surface area is 80.1 Å². The molecule has 1 rings (SSSR count). The Morgan fingerprint density at radius 3 is 2.38 bits per heavy atom. The standard InChI is InChI=1S/C9H18O3S/c1-3-13(11,12)9-4-7(2)8(5-9)6-10/h7-10H,3-6H2,1-2H3/t7-,8-,9-/m1/s1. The van der Waals surface area contributed by atoms with Gasteiger partial charge in [0, 0.05) is 12.4 Å². The molecule has 0 radical (unpaired) electrons. The minimum atomic E-state index is -2.88. The van der Waals surface area contributed by atoms with Gasteiger partial charge in [-0.2, -0.15) is 0 Å². The number of aliphatic hydroxyl groups excluding tert-OH is 1. The van der Waals surface area contributed by atoms with Gasteiger partial charge >= 0.3 is 0 Å². The molecule has 78 valence electrons. The maximum atomic E-state index is 11.5. The van der Waals surface area contributed by atoms with Crippen LogP contribution in [0.15, 0.2) is 0 Å². The summed E-state index contributed by atoms with van der Waals surface area (Å²) < 4.78 is 23.1. The zero-order valence-corrected chi connectivity index (χ0v) is 9.05. The maximum Gasteiger partial charge on any atom is 0.152 e. The van der Waals surface area contributed by atoms with E-state index in [2.05, 4.69) is 0 Å². The third-order valence-electron chi connectivity index (χ3n) is 3.15. The monoisotopic (exact) mass is 206 g/mol. The molecular weight excluding hydrogens is 188 g/mol. The zero-order chi connectivity index (χ0) is 10.1. The van der Waals surface area contributed by atoms with Gasteiger partial charge in [-0.1, -0.05) is 13.8 Å². The van der Waals surface area contributed by atoms with Gasteiger partial charge in [0.25, 0.3) is 0 Å². The van der Waals surface area contributed by atoms with Gasteiger partial charge < -0.3 is 5.11 Å². The first-order valence-electron chi connectivity index (χ1n) is 4.83. The number of hydrogen-bond acceptors (Lipinski definition) is 3. The zero-order valence-electron chi connectivity index (χ0n) is 8.23. The third kappa shape index (κ3) is 2.23. The van der Waals surface area contributed by atoms with Crippen molar-refractivity contribution in [2.45, 2.75) is 31.9 Å². The van der Waals surface area contributed by atoms with E-state index in [9.17, 15) is 8.42 Å². The molecular formula is C9H18O3S. The van der Waals surface area contributed by atoms with E-state index in [0.29, 0.717) is 12.3 Å². The lowest BCUT2D eigenvalue weighted by atomic mass is 10.00. The van der Waals surface area contributed by atoms with Crippen molar-refractivity contribution >= 4 is 9.84 Å². The summed E-state index contributed by atoms with van der Waals surface area (Å²) >= 11 is 0. The number of aliphatic hydroxyl groups is 1. The van der Waals surface area contributed by atoms with Crippen LogP contribution in [0, 0.1) is 11.8 Å². The topological polar surface area (TPSA) is 54.4 Å². The molecule has 3 atom stereocenters. The Kier molecular flexibility index (Phi) is 3.35. The smallest absolute Gasteiger partial charge is 0.152 e. The summed E-state index contributed by atoms with van der Waals surface area (Å²) in [6, 6.07) is 0. The first-order chi connectivity index (χ1) is 6.01. The minimum Gasteiger partial charge on any atom is -0.396 e. The summed E-state index contributed by atoms with van der Waals surface area (Å²) in [6.45, 7) is 3.83. The lowest BCUT2D eigenvalue weighted by molar-refractivity contribution is 0.201. The molecule has 0 aromatic rings. The minimum absolute atomic E-state index is 0.122. The molecule has 1 saturated carbocycles. The Balaban J connectivity index is 2.68. The Bertz CT molecular complexity index is 258. The molecule has 4 heteroatoms. The molecule has 0 spiro atoms. The summed E-state index contributed by atoms with van der Waals surface area (Å²) in [5.74, 6) is 0.755. The molecule has 0 saturated heterocycles. The highest BCUT2D eigenvalue weighted by atomic mass is 32.2. The molecule has 1 aliphatic carbocycles. The second kappa shape index (κ2) is 3.96. The number of rotatable bonds is 3. The summed E-state index contributed by atoms with van der Waals surface area (Å²) in [7, 11) is -2.88. The van der Waals surface area contributed by atoms with E-state index >= 15 is 0 Å². The van der Waals surface area contributed by atoms with E-state index < -0.39 is 9.84 Å². The predicted octanol–water partition coefficient (Wildman–Crippen LogP) is 0.828. The fourth-order valence-corrected chi connectivity index (χ4v) is 3.67. The van der Waals surface area contributed by atoms with Gasteiger partial charge in [-0.25, -0.2) is 8.42 Å².